The van der Waals surface area contributed by atoms with Crippen molar-refractivity contribution in [3.05, 3.63) is 17.1 Å². The zero-order chi connectivity index (χ0) is 16.0. The highest BCUT2D eigenvalue weighted by atomic mass is 32.2. The van der Waals surface area contributed by atoms with Crippen molar-refractivity contribution in [3.8, 4) is 0 Å². The van der Waals surface area contributed by atoms with Crippen LogP contribution >= 0.6 is 0 Å². The summed E-state index contributed by atoms with van der Waals surface area (Å²) in [7, 11) is -2.67. The SMILES string of the molecule is COC(=O)c1c(C)oc(C)c1S(=O)(=O)NCCCCCO. The minimum atomic E-state index is -3.85. The molecule has 0 atom stereocenters. The lowest BCUT2D eigenvalue weighted by Crippen LogP contribution is -2.27. The Morgan fingerprint density at radius 2 is 1.90 bits per heavy atom. The molecule has 0 aliphatic rings. The number of carbonyl (C=O) groups is 1. The number of sulfonamides is 1. The third kappa shape index (κ3) is 4.29. The molecule has 8 heteroatoms. The van der Waals surface area contributed by atoms with Crippen molar-refractivity contribution >= 4 is 16.0 Å². The van der Waals surface area contributed by atoms with Gasteiger partial charge in [-0.1, -0.05) is 0 Å². The highest BCUT2D eigenvalue weighted by molar-refractivity contribution is 7.89. The van der Waals surface area contributed by atoms with E-state index >= 15 is 0 Å². The van der Waals surface area contributed by atoms with Crippen molar-refractivity contribution in [1.29, 1.82) is 0 Å². The van der Waals surface area contributed by atoms with Crippen molar-refractivity contribution in [2.24, 2.45) is 0 Å². The number of nitrogens with one attached hydrogen (secondary N) is 1. The number of unbranched alkanes of at least 4 members (excludes halogenated alkanes) is 2. The second-order valence-electron chi connectivity index (χ2n) is 4.59. The maximum absolute atomic E-state index is 12.3. The average Bonchev–Trinajstić information content (AvgIpc) is 2.73. The first-order valence-electron chi connectivity index (χ1n) is 6.64. The average molecular weight is 319 g/mol. The van der Waals surface area contributed by atoms with Crippen LogP contribution in [0.2, 0.25) is 0 Å². The minimum absolute atomic E-state index is 0.0714. The van der Waals surface area contributed by atoms with E-state index in [0.29, 0.717) is 19.3 Å². The predicted molar refractivity (Wildman–Crippen MR) is 75.6 cm³/mol. The van der Waals surface area contributed by atoms with E-state index in [2.05, 4.69) is 9.46 Å². The van der Waals surface area contributed by atoms with Gasteiger partial charge in [0.15, 0.2) is 0 Å². The van der Waals surface area contributed by atoms with Crippen LogP contribution in [0.15, 0.2) is 9.31 Å². The maximum atomic E-state index is 12.3. The first-order chi connectivity index (χ1) is 9.85. The van der Waals surface area contributed by atoms with Gasteiger partial charge in [0, 0.05) is 13.2 Å². The number of hydrogen-bond acceptors (Lipinski definition) is 6. The highest BCUT2D eigenvalue weighted by Gasteiger charge is 2.31. The minimum Gasteiger partial charge on any atom is -0.465 e. The fourth-order valence-corrected chi connectivity index (χ4v) is 3.49. The van der Waals surface area contributed by atoms with Crippen LogP contribution in [0.4, 0.5) is 0 Å². The third-order valence-corrected chi connectivity index (χ3v) is 4.60. The van der Waals surface area contributed by atoms with Gasteiger partial charge in [-0.2, -0.15) is 0 Å². The third-order valence-electron chi connectivity index (χ3n) is 2.99. The molecule has 0 amide bonds. The Morgan fingerprint density at radius 3 is 2.48 bits per heavy atom. The topological polar surface area (TPSA) is 106 Å². The quantitative estimate of drug-likeness (QED) is 0.549. The monoisotopic (exact) mass is 319 g/mol. The number of hydrogen-bond donors (Lipinski definition) is 2. The summed E-state index contributed by atoms with van der Waals surface area (Å²) in [5.74, 6) is -0.388. The van der Waals surface area contributed by atoms with E-state index < -0.39 is 16.0 Å². The zero-order valence-corrected chi connectivity index (χ0v) is 13.2. The predicted octanol–water partition coefficient (Wildman–Crippen LogP) is 1.12. The molecule has 0 fully saturated rings. The number of rotatable bonds is 8. The molecule has 1 aromatic heterocycles. The molecular formula is C13H21NO6S. The van der Waals surface area contributed by atoms with Crippen LogP contribution in [-0.4, -0.2) is 39.8 Å². The second-order valence-corrected chi connectivity index (χ2v) is 6.30. The number of aliphatic hydroxyl groups is 1. The van der Waals surface area contributed by atoms with Crippen molar-refractivity contribution in [3.63, 3.8) is 0 Å². The summed E-state index contributed by atoms with van der Waals surface area (Å²) < 4.78 is 36.9. The summed E-state index contributed by atoms with van der Waals surface area (Å²) >= 11 is 0. The van der Waals surface area contributed by atoms with Crippen molar-refractivity contribution in [2.75, 3.05) is 20.3 Å². The lowest BCUT2D eigenvalue weighted by atomic mass is 10.2. The summed E-state index contributed by atoms with van der Waals surface area (Å²) in [6.45, 7) is 3.31. The van der Waals surface area contributed by atoms with Crippen molar-refractivity contribution in [1.82, 2.24) is 4.72 Å². The normalized spacial score (nSPS) is 11.6. The Bertz CT molecular complexity index is 590. The first kappa shape index (κ1) is 17.7. The molecule has 0 bridgehead atoms. The van der Waals surface area contributed by atoms with E-state index in [1.807, 2.05) is 0 Å². The van der Waals surface area contributed by atoms with E-state index in [9.17, 15) is 13.2 Å². The Labute approximate surface area is 124 Å². The van der Waals surface area contributed by atoms with Crippen LogP contribution in [0.5, 0.6) is 0 Å². The van der Waals surface area contributed by atoms with Crippen LogP contribution in [0.1, 0.15) is 41.1 Å². The van der Waals surface area contributed by atoms with Crippen LogP contribution in [0, 0.1) is 13.8 Å². The van der Waals surface area contributed by atoms with Gasteiger partial charge in [-0.15, -0.1) is 0 Å². The van der Waals surface area contributed by atoms with Crippen molar-refractivity contribution < 1.29 is 27.5 Å². The Morgan fingerprint density at radius 1 is 1.24 bits per heavy atom. The maximum Gasteiger partial charge on any atom is 0.342 e. The number of aryl methyl sites for hydroxylation is 2. The van der Waals surface area contributed by atoms with Crippen LogP contribution in [0.3, 0.4) is 0 Å². The van der Waals surface area contributed by atoms with E-state index in [1.165, 1.54) is 21.0 Å². The summed E-state index contributed by atoms with van der Waals surface area (Å²) in [6.07, 6.45) is 1.94. The summed E-state index contributed by atoms with van der Waals surface area (Å²) in [6, 6.07) is 0. The van der Waals surface area contributed by atoms with Crippen LogP contribution in [-0.2, 0) is 14.8 Å². The van der Waals surface area contributed by atoms with E-state index in [0.717, 1.165) is 0 Å². The second kappa shape index (κ2) is 7.58. The summed E-state index contributed by atoms with van der Waals surface area (Å²) in [4.78, 5) is 11.6. The smallest absolute Gasteiger partial charge is 0.342 e. The summed E-state index contributed by atoms with van der Waals surface area (Å²) in [5, 5.41) is 8.66. The van der Waals surface area contributed by atoms with Crippen LogP contribution in [0.25, 0.3) is 0 Å². The van der Waals surface area contributed by atoms with E-state index in [1.54, 1.807) is 0 Å². The number of carbonyl (C=O) groups excluding carboxylic acids is 1. The lowest BCUT2D eigenvalue weighted by molar-refractivity contribution is 0.0595. The molecule has 0 spiro atoms. The molecule has 0 aliphatic heterocycles. The Balaban J connectivity index is 2.95. The standard InChI is InChI=1S/C13H21NO6S/c1-9-11(13(16)19-3)12(10(2)20-9)21(17,18)14-7-5-4-6-8-15/h14-15H,4-8H2,1-3H3. The molecular weight excluding hydrogens is 298 g/mol. The largest absolute Gasteiger partial charge is 0.465 e. The van der Waals surface area contributed by atoms with Gasteiger partial charge in [0.05, 0.1) is 7.11 Å². The fourth-order valence-electron chi connectivity index (χ4n) is 2.02. The molecule has 2 N–H and O–H groups in total. The van der Waals surface area contributed by atoms with Gasteiger partial charge in [0.1, 0.15) is 22.0 Å². The molecule has 0 aliphatic carbocycles. The number of ether oxygens (including phenoxy) is 1. The summed E-state index contributed by atoms with van der Waals surface area (Å²) in [5.41, 5.74) is -0.0714. The van der Waals surface area contributed by atoms with Gasteiger partial charge in [-0.3, -0.25) is 0 Å². The molecule has 0 unspecified atom stereocenters. The molecule has 21 heavy (non-hydrogen) atoms. The van der Waals surface area contributed by atoms with Gasteiger partial charge in [0.2, 0.25) is 10.0 Å². The zero-order valence-electron chi connectivity index (χ0n) is 12.4. The molecule has 120 valence electrons. The number of furan rings is 1. The van der Waals surface area contributed by atoms with Gasteiger partial charge in [-0.25, -0.2) is 17.9 Å². The number of aliphatic hydroxyl groups excluding tert-OH is 1. The molecule has 0 aromatic carbocycles. The molecule has 0 saturated heterocycles. The van der Waals surface area contributed by atoms with Gasteiger partial charge in [-0.05, 0) is 33.1 Å². The Hall–Kier alpha value is -1.38. The molecule has 1 aromatic rings. The first-order valence-corrected chi connectivity index (χ1v) is 8.12. The van der Waals surface area contributed by atoms with E-state index in [4.69, 9.17) is 9.52 Å². The molecule has 0 radical (unpaired) electrons. The number of methoxy groups -OCH3 is 1. The lowest BCUT2D eigenvalue weighted by Gasteiger charge is -2.07. The molecule has 0 saturated carbocycles. The van der Waals surface area contributed by atoms with Crippen molar-refractivity contribution in [2.45, 2.75) is 38.0 Å². The Kier molecular flexibility index (Phi) is 6.38. The molecule has 7 nitrogen and oxygen atoms in total. The number of esters is 1. The molecule has 1 heterocycles. The van der Waals surface area contributed by atoms with Gasteiger partial charge in [0.25, 0.3) is 0 Å². The van der Waals surface area contributed by atoms with Crippen LogP contribution < -0.4 is 4.72 Å². The fraction of sp³-hybridized carbons (Fsp3) is 0.615. The van der Waals surface area contributed by atoms with E-state index in [-0.39, 0.29) is 35.1 Å². The van der Waals surface area contributed by atoms with Gasteiger partial charge < -0.3 is 14.3 Å². The highest BCUT2D eigenvalue weighted by Crippen LogP contribution is 2.27. The molecule has 1 rings (SSSR count). The van der Waals surface area contributed by atoms with Gasteiger partial charge >= 0.3 is 5.97 Å².